The molecule has 0 aliphatic carbocycles. The Labute approximate surface area is 104 Å². The van der Waals surface area contributed by atoms with Crippen molar-refractivity contribution in [3.05, 3.63) is 0 Å². The summed E-state index contributed by atoms with van der Waals surface area (Å²) in [6, 6.07) is 0. The van der Waals surface area contributed by atoms with E-state index < -0.39 is 0 Å². The summed E-state index contributed by atoms with van der Waals surface area (Å²) in [6.45, 7) is 7.74. The van der Waals surface area contributed by atoms with E-state index in [9.17, 15) is 0 Å². The molecule has 0 amide bonds. The molecule has 0 spiro atoms. The van der Waals surface area contributed by atoms with Gasteiger partial charge in [0.2, 0.25) is 0 Å². The molecule has 94 valence electrons. The molecule has 0 fully saturated rings. The van der Waals surface area contributed by atoms with E-state index in [-0.39, 0.29) is 0 Å². The van der Waals surface area contributed by atoms with Crippen molar-refractivity contribution in [2.45, 2.75) is 31.9 Å². The zero-order valence-corrected chi connectivity index (χ0v) is 11.8. The van der Waals surface area contributed by atoms with Crippen LogP contribution in [0.2, 0.25) is 0 Å². The lowest BCUT2D eigenvalue weighted by Gasteiger charge is -2.12. The van der Waals surface area contributed by atoms with E-state index >= 15 is 0 Å². The van der Waals surface area contributed by atoms with Crippen LogP contribution in [0.3, 0.4) is 0 Å². The summed E-state index contributed by atoms with van der Waals surface area (Å²) in [7, 11) is 4.22. The molecule has 1 heterocycles. The first-order valence-corrected chi connectivity index (χ1v) is 7.05. The highest BCUT2D eigenvalue weighted by atomic mass is 32.2. The van der Waals surface area contributed by atoms with Gasteiger partial charge in [-0.05, 0) is 39.4 Å². The van der Waals surface area contributed by atoms with Crippen LogP contribution in [0.25, 0.3) is 0 Å². The molecule has 1 unspecified atom stereocenters. The van der Waals surface area contributed by atoms with Crippen molar-refractivity contribution in [3.8, 4) is 0 Å². The third-order valence-corrected chi connectivity index (χ3v) is 3.68. The van der Waals surface area contributed by atoms with Crippen LogP contribution in [0.4, 0.5) is 0 Å². The van der Waals surface area contributed by atoms with Crippen LogP contribution in [-0.4, -0.2) is 49.0 Å². The summed E-state index contributed by atoms with van der Waals surface area (Å²) in [5, 5.41) is 5.29. The molecule has 4 heteroatoms. The molecule has 0 bridgehead atoms. The number of nitrogens with zero attached hydrogens (tertiary/aromatic N) is 2. The van der Waals surface area contributed by atoms with Crippen LogP contribution >= 0.6 is 11.8 Å². The van der Waals surface area contributed by atoms with E-state index in [1.807, 2.05) is 11.8 Å². The van der Waals surface area contributed by atoms with Gasteiger partial charge in [0.05, 0.1) is 6.54 Å². The molecule has 0 saturated carbocycles. The second-order valence-corrected chi connectivity index (χ2v) is 6.39. The fourth-order valence-electron chi connectivity index (χ4n) is 1.75. The molecular formula is C12H25N3S. The van der Waals surface area contributed by atoms with Crippen molar-refractivity contribution in [2.24, 2.45) is 10.9 Å². The summed E-state index contributed by atoms with van der Waals surface area (Å²) < 4.78 is 0. The largest absolute Gasteiger partial charge is 0.365 e. The molecule has 0 radical (unpaired) electrons. The molecule has 0 saturated heterocycles. The minimum atomic E-state index is 0.705. The Morgan fingerprint density at radius 1 is 1.50 bits per heavy atom. The lowest BCUT2D eigenvalue weighted by Crippen LogP contribution is -2.24. The lowest BCUT2D eigenvalue weighted by molar-refractivity contribution is 0.400. The van der Waals surface area contributed by atoms with Crippen molar-refractivity contribution in [2.75, 3.05) is 33.7 Å². The van der Waals surface area contributed by atoms with Gasteiger partial charge in [-0.3, -0.25) is 4.99 Å². The van der Waals surface area contributed by atoms with Crippen LogP contribution < -0.4 is 5.32 Å². The smallest absolute Gasteiger partial charge is 0.156 e. The van der Waals surface area contributed by atoms with Crippen LogP contribution in [0.15, 0.2) is 4.99 Å². The van der Waals surface area contributed by atoms with E-state index in [2.05, 4.69) is 43.2 Å². The van der Waals surface area contributed by atoms with Gasteiger partial charge in [-0.1, -0.05) is 25.6 Å². The standard InChI is InChI=1S/C12H25N3S/c1-10(2)8-11-9-14-12(16-11)13-6-5-7-15(3)4/h10-11H,5-9H2,1-4H3,(H,13,14). The molecule has 0 aromatic heterocycles. The average molecular weight is 243 g/mol. The molecule has 3 nitrogen and oxygen atoms in total. The Kier molecular flexibility index (Phi) is 6.21. The predicted octanol–water partition coefficient (Wildman–Crippen LogP) is 2.05. The number of aliphatic imine (C=N–C) groups is 1. The molecule has 1 rings (SSSR count). The second kappa shape index (κ2) is 7.17. The van der Waals surface area contributed by atoms with Crippen LogP contribution in [0.5, 0.6) is 0 Å². The summed E-state index contributed by atoms with van der Waals surface area (Å²) in [5.74, 6) is 0.779. The quantitative estimate of drug-likeness (QED) is 0.724. The van der Waals surface area contributed by atoms with Gasteiger partial charge >= 0.3 is 0 Å². The van der Waals surface area contributed by atoms with E-state index in [0.717, 1.165) is 30.7 Å². The zero-order valence-electron chi connectivity index (χ0n) is 11.0. The first-order chi connectivity index (χ1) is 7.58. The number of rotatable bonds is 6. The first-order valence-electron chi connectivity index (χ1n) is 6.17. The molecule has 16 heavy (non-hydrogen) atoms. The molecule has 0 aromatic rings. The highest BCUT2D eigenvalue weighted by Gasteiger charge is 2.19. The maximum absolute atomic E-state index is 4.54. The molecule has 0 aromatic carbocycles. The van der Waals surface area contributed by atoms with Crippen molar-refractivity contribution in [1.29, 1.82) is 0 Å². The van der Waals surface area contributed by atoms with Crippen molar-refractivity contribution in [3.63, 3.8) is 0 Å². The van der Waals surface area contributed by atoms with E-state index in [1.165, 1.54) is 12.8 Å². The van der Waals surface area contributed by atoms with Gasteiger partial charge in [0.15, 0.2) is 5.17 Å². The molecule has 1 aliphatic rings. The van der Waals surface area contributed by atoms with Gasteiger partial charge in [-0.25, -0.2) is 0 Å². The third-order valence-electron chi connectivity index (χ3n) is 2.51. The summed E-state index contributed by atoms with van der Waals surface area (Å²) in [6.07, 6.45) is 2.46. The monoisotopic (exact) mass is 243 g/mol. The van der Waals surface area contributed by atoms with Gasteiger partial charge in [0.25, 0.3) is 0 Å². The van der Waals surface area contributed by atoms with Crippen molar-refractivity contribution >= 4 is 16.9 Å². The van der Waals surface area contributed by atoms with E-state index in [4.69, 9.17) is 0 Å². The Hall–Kier alpha value is -0.220. The third kappa shape index (κ3) is 5.75. The highest BCUT2D eigenvalue weighted by molar-refractivity contribution is 8.14. The topological polar surface area (TPSA) is 27.6 Å². The Bertz CT molecular complexity index is 226. The molecule has 1 N–H and O–H groups in total. The number of thioether (sulfide) groups is 1. The Morgan fingerprint density at radius 3 is 2.88 bits per heavy atom. The number of amidine groups is 1. The van der Waals surface area contributed by atoms with Crippen molar-refractivity contribution in [1.82, 2.24) is 10.2 Å². The number of hydrogen-bond donors (Lipinski definition) is 1. The molecule has 1 atom stereocenters. The normalized spacial score (nSPS) is 20.6. The number of nitrogens with one attached hydrogen (secondary N) is 1. The minimum absolute atomic E-state index is 0.705. The van der Waals surface area contributed by atoms with Gasteiger partial charge < -0.3 is 10.2 Å². The summed E-state index contributed by atoms with van der Waals surface area (Å²) in [4.78, 5) is 6.76. The van der Waals surface area contributed by atoms with Crippen LogP contribution in [0.1, 0.15) is 26.7 Å². The molecule has 1 aliphatic heterocycles. The Balaban J connectivity index is 2.07. The maximum atomic E-state index is 4.54. The van der Waals surface area contributed by atoms with Crippen LogP contribution in [-0.2, 0) is 0 Å². The maximum Gasteiger partial charge on any atom is 0.156 e. The summed E-state index contributed by atoms with van der Waals surface area (Å²) >= 11 is 1.92. The second-order valence-electron chi connectivity index (χ2n) is 5.10. The SMILES string of the molecule is CC(C)CC1CN=C(NCCCN(C)C)S1. The van der Waals surface area contributed by atoms with Gasteiger partial charge in [0.1, 0.15) is 0 Å². The number of hydrogen-bond acceptors (Lipinski definition) is 4. The van der Waals surface area contributed by atoms with Crippen molar-refractivity contribution < 1.29 is 0 Å². The van der Waals surface area contributed by atoms with E-state index in [0.29, 0.717) is 5.25 Å². The van der Waals surface area contributed by atoms with Gasteiger partial charge in [-0.2, -0.15) is 0 Å². The highest BCUT2D eigenvalue weighted by Crippen LogP contribution is 2.25. The minimum Gasteiger partial charge on any atom is -0.365 e. The lowest BCUT2D eigenvalue weighted by atomic mass is 10.1. The van der Waals surface area contributed by atoms with Gasteiger partial charge in [0, 0.05) is 11.8 Å². The summed E-state index contributed by atoms with van der Waals surface area (Å²) in [5.41, 5.74) is 0. The van der Waals surface area contributed by atoms with Crippen LogP contribution in [0, 0.1) is 5.92 Å². The van der Waals surface area contributed by atoms with Gasteiger partial charge in [-0.15, -0.1) is 0 Å². The Morgan fingerprint density at radius 2 is 2.25 bits per heavy atom. The fourth-order valence-corrected chi connectivity index (χ4v) is 3.03. The first kappa shape index (κ1) is 13.8. The zero-order chi connectivity index (χ0) is 12.0. The predicted molar refractivity (Wildman–Crippen MR) is 74.3 cm³/mol. The average Bonchev–Trinajstić information content (AvgIpc) is 2.59. The van der Waals surface area contributed by atoms with E-state index in [1.54, 1.807) is 0 Å². The molecular weight excluding hydrogens is 218 g/mol. The fraction of sp³-hybridized carbons (Fsp3) is 0.917.